The molecule has 7 nitrogen and oxygen atoms in total. The van der Waals surface area contributed by atoms with Crippen molar-refractivity contribution in [1.82, 2.24) is 4.98 Å². The summed E-state index contributed by atoms with van der Waals surface area (Å²) >= 11 is 1.18. The van der Waals surface area contributed by atoms with E-state index in [1.165, 1.54) is 11.3 Å². The highest BCUT2D eigenvalue weighted by molar-refractivity contribution is 7.18. The third-order valence-electron chi connectivity index (χ3n) is 3.79. The van der Waals surface area contributed by atoms with E-state index in [4.69, 9.17) is 19.9 Å². The minimum absolute atomic E-state index is 0.171. The highest BCUT2D eigenvalue weighted by Crippen LogP contribution is 2.33. The lowest BCUT2D eigenvalue weighted by Gasteiger charge is -2.08. The maximum absolute atomic E-state index is 12.8. The first-order valence-electron chi connectivity index (χ1n) is 7.99. The lowest BCUT2D eigenvalue weighted by molar-refractivity contribution is 0.104. The number of nitrogens with zero attached hydrogens (tertiary/aromatic N) is 1. The van der Waals surface area contributed by atoms with Gasteiger partial charge in [0.15, 0.2) is 5.13 Å². The summed E-state index contributed by atoms with van der Waals surface area (Å²) in [5, 5.41) is 3.63. The topological polar surface area (TPSA) is 95.7 Å². The Bertz CT molecular complexity index is 949. The first-order valence-corrected chi connectivity index (χ1v) is 8.81. The van der Waals surface area contributed by atoms with E-state index in [1.807, 2.05) is 0 Å². The van der Waals surface area contributed by atoms with Crippen molar-refractivity contribution in [3.05, 3.63) is 52.9 Å². The lowest BCUT2D eigenvalue weighted by atomic mass is 10.1. The van der Waals surface area contributed by atoms with Crippen LogP contribution in [-0.2, 0) is 0 Å². The summed E-state index contributed by atoms with van der Waals surface area (Å²) in [5.41, 5.74) is 7.17. The number of ether oxygens (including phenoxy) is 3. The van der Waals surface area contributed by atoms with Crippen LogP contribution >= 0.6 is 11.3 Å². The van der Waals surface area contributed by atoms with Crippen LogP contribution in [0.15, 0.2) is 42.5 Å². The zero-order chi connectivity index (χ0) is 19.4. The molecule has 0 aliphatic heterocycles. The average Bonchev–Trinajstić information content (AvgIpc) is 3.06. The van der Waals surface area contributed by atoms with Crippen LogP contribution in [-0.4, -0.2) is 32.1 Å². The predicted octanol–water partition coefficient (Wildman–Crippen LogP) is 3.73. The van der Waals surface area contributed by atoms with Crippen molar-refractivity contribution in [1.29, 1.82) is 0 Å². The van der Waals surface area contributed by atoms with Crippen molar-refractivity contribution in [2.75, 3.05) is 32.4 Å². The fourth-order valence-corrected chi connectivity index (χ4v) is 3.31. The van der Waals surface area contributed by atoms with Crippen LogP contribution in [0.2, 0.25) is 0 Å². The first kappa shape index (κ1) is 18.5. The van der Waals surface area contributed by atoms with Gasteiger partial charge in [-0.1, -0.05) is 23.5 Å². The molecule has 8 heteroatoms. The van der Waals surface area contributed by atoms with Crippen molar-refractivity contribution < 1.29 is 19.0 Å². The normalized spacial score (nSPS) is 10.3. The van der Waals surface area contributed by atoms with E-state index < -0.39 is 0 Å². The summed E-state index contributed by atoms with van der Waals surface area (Å²) in [6.45, 7) is 0. The van der Waals surface area contributed by atoms with Crippen LogP contribution in [0.5, 0.6) is 17.2 Å². The monoisotopic (exact) mass is 385 g/mol. The van der Waals surface area contributed by atoms with Gasteiger partial charge in [-0.05, 0) is 12.1 Å². The molecule has 1 heterocycles. The number of anilines is 3. The van der Waals surface area contributed by atoms with Gasteiger partial charge < -0.3 is 25.3 Å². The molecule has 3 aromatic rings. The van der Waals surface area contributed by atoms with E-state index in [9.17, 15) is 4.79 Å². The molecule has 0 bridgehead atoms. The Hall–Kier alpha value is -3.26. The number of nitrogens with two attached hydrogens (primary N) is 1. The molecule has 27 heavy (non-hydrogen) atoms. The molecule has 0 saturated carbocycles. The second-order valence-corrected chi connectivity index (χ2v) is 6.52. The molecule has 0 atom stereocenters. The van der Waals surface area contributed by atoms with Gasteiger partial charge in [0.25, 0.3) is 0 Å². The van der Waals surface area contributed by atoms with Crippen LogP contribution in [0.4, 0.5) is 16.6 Å². The standard InChI is InChI=1S/C19H19N3O4S/c1-24-13-6-4-5-11(7-13)16(23)17-18(20)22-19(27-17)21-12-8-14(25-2)10-15(9-12)26-3/h4-10H,20H2,1-3H3,(H,21,22). The largest absolute Gasteiger partial charge is 0.497 e. The van der Waals surface area contributed by atoms with E-state index in [1.54, 1.807) is 63.8 Å². The second-order valence-electron chi connectivity index (χ2n) is 5.52. The molecule has 3 N–H and O–H groups in total. The zero-order valence-corrected chi connectivity index (χ0v) is 15.9. The Morgan fingerprint density at radius 3 is 2.30 bits per heavy atom. The van der Waals surface area contributed by atoms with Crippen LogP contribution in [0, 0.1) is 0 Å². The number of nitrogen functional groups attached to an aromatic ring is 1. The summed E-state index contributed by atoms with van der Waals surface area (Å²) in [5.74, 6) is 1.83. The Labute approximate surface area is 160 Å². The van der Waals surface area contributed by atoms with E-state index in [0.29, 0.717) is 38.5 Å². The van der Waals surface area contributed by atoms with Crippen molar-refractivity contribution >= 4 is 33.8 Å². The number of carbonyl (C=O) groups excluding carboxylic acids is 1. The molecular formula is C19H19N3O4S. The maximum atomic E-state index is 12.8. The number of rotatable bonds is 7. The van der Waals surface area contributed by atoms with Crippen molar-refractivity contribution in [2.24, 2.45) is 0 Å². The van der Waals surface area contributed by atoms with Crippen LogP contribution in [0.1, 0.15) is 15.2 Å². The van der Waals surface area contributed by atoms with Gasteiger partial charge in [0.1, 0.15) is 27.9 Å². The molecule has 1 aromatic heterocycles. The third-order valence-corrected chi connectivity index (χ3v) is 4.78. The summed E-state index contributed by atoms with van der Waals surface area (Å²) in [6, 6.07) is 12.3. The lowest BCUT2D eigenvalue weighted by Crippen LogP contribution is -2.02. The van der Waals surface area contributed by atoms with E-state index in [-0.39, 0.29) is 11.6 Å². The molecule has 0 saturated heterocycles. The second kappa shape index (κ2) is 7.96. The smallest absolute Gasteiger partial charge is 0.206 e. The van der Waals surface area contributed by atoms with Gasteiger partial charge in [-0.3, -0.25) is 4.79 Å². The van der Waals surface area contributed by atoms with Gasteiger partial charge in [0, 0.05) is 29.4 Å². The molecule has 0 aliphatic carbocycles. The number of hydrogen-bond donors (Lipinski definition) is 2. The number of ketones is 1. The van der Waals surface area contributed by atoms with Gasteiger partial charge in [-0.2, -0.15) is 0 Å². The number of thiazole rings is 1. The van der Waals surface area contributed by atoms with Crippen LogP contribution in [0.3, 0.4) is 0 Å². The molecule has 0 unspecified atom stereocenters. The number of methoxy groups -OCH3 is 3. The molecule has 140 valence electrons. The average molecular weight is 385 g/mol. The van der Waals surface area contributed by atoms with Crippen molar-refractivity contribution in [3.63, 3.8) is 0 Å². The molecule has 0 aliphatic rings. The Kier molecular flexibility index (Phi) is 5.46. The fraction of sp³-hybridized carbons (Fsp3) is 0.158. The van der Waals surface area contributed by atoms with Crippen molar-refractivity contribution in [3.8, 4) is 17.2 Å². The summed E-state index contributed by atoms with van der Waals surface area (Å²) in [4.78, 5) is 17.4. The number of benzene rings is 2. The first-order chi connectivity index (χ1) is 13.0. The maximum Gasteiger partial charge on any atom is 0.206 e. The van der Waals surface area contributed by atoms with Gasteiger partial charge >= 0.3 is 0 Å². The summed E-state index contributed by atoms with van der Waals surface area (Å²) in [7, 11) is 4.70. The van der Waals surface area contributed by atoms with Crippen molar-refractivity contribution in [2.45, 2.75) is 0 Å². The number of nitrogens with one attached hydrogen (secondary N) is 1. The molecular weight excluding hydrogens is 366 g/mol. The molecule has 0 fully saturated rings. The van der Waals surface area contributed by atoms with Crippen LogP contribution < -0.4 is 25.3 Å². The van der Waals surface area contributed by atoms with E-state index in [2.05, 4.69) is 10.3 Å². The van der Waals surface area contributed by atoms with Gasteiger partial charge in [0.05, 0.1) is 21.3 Å². The SMILES string of the molecule is COc1cc(Nc2nc(N)c(C(=O)c3cccc(OC)c3)s2)cc(OC)c1. The Balaban J connectivity index is 1.87. The highest BCUT2D eigenvalue weighted by Gasteiger charge is 2.19. The molecule has 0 amide bonds. The molecule has 0 radical (unpaired) electrons. The minimum atomic E-state index is -0.208. The third kappa shape index (κ3) is 4.12. The predicted molar refractivity (Wildman–Crippen MR) is 106 cm³/mol. The molecule has 0 spiro atoms. The summed E-state index contributed by atoms with van der Waals surface area (Å²) in [6.07, 6.45) is 0. The number of aromatic nitrogens is 1. The quantitative estimate of drug-likeness (QED) is 0.598. The Morgan fingerprint density at radius 1 is 1.00 bits per heavy atom. The van der Waals surface area contributed by atoms with Gasteiger partial charge in [-0.25, -0.2) is 4.98 Å². The minimum Gasteiger partial charge on any atom is -0.497 e. The number of hydrogen-bond acceptors (Lipinski definition) is 8. The van der Waals surface area contributed by atoms with Gasteiger partial charge in [-0.15, -0.1) is 0 Å². The Morgan fingerprint density at radius 2 is 1.67 bits per heavy atom. The number of carbonyl (C=O) groups is 1. The van der Waals surface area contributed by atoms with Crippen LogP contribution in [0.25, 0.3) is 0 Å². The molecule has 2 aromatic carbocycles. The van der Waals surface area contributed by atoms with E-state index >= 15 is 0 Å². The molecule has 3 rings (SSSR count). The highest BCUT2D eigenvalue weighted by atomic mass is 32.1. The zero-order valence-electron chi connectivity index (χ0n) is 15.1. The van der Waals surface area contributed by atoms with Gasteiger partial charge in [0.2, 0.25) is 5.78 Å². The summed E-state index contributed by atoms with van der Waals surface area (Å²) < 4.78 is 15.7. The van der Waals surface area contributed by atoms with E-state index in [0.717, 1.165) is 0 Å². The fourth-order valence-electron chi connectivity index (χ4n) is 2.45.